The van der Waals surface area contributed by atoms with E-state index < -0.39 is 0 Å². The summed E-state index contributed by atoms with van der Waals surface area (Å²) in [6, 6.07) is 3.28. The van der Waals surface area contributed by atoms with Crippen LogP contribution in [0, 0.1) is 0 Å². The van der Waals surface area contributed by atoms with Gasteiger partial charge in [0.1, 0.15) is 24.4 Å². The Morgan fingerprint density at radius 2 is 2.38 bits per heavy atom. The lowest BCUT2D eigenvalue weighted by Crippen LogP contribution is -2.03. The normalized spacial score (nSPS) is 10.1. The van der Waals surface area contributed by atoms with E-state index in [1.165, 1.54) is 6.20 Å². The maximum absolute atomic E-state index is 10.4. The minimum absolute atomic E-state index is 0.318. The third kappa shape index (κ3) is 2.22. The number of rotatable bonds is 4. The van der Waals surface area contributed by atoms with Crippen LogP contribution in [0.2, 0.25) is 0 Å². The molecule has 0 radical (unpaired) electrons. The maximum atomic E-state index is 10.4. The van der Waals surface area contributed by atoms with Crippen molar-refractivity contribution < 1.29 is 9.53 Å². The molecular weight excluding hydrogens is 208 g/mol. The Balaban J connectivity index is 1.99. The van der Waals surface area contributed by atoms with Crippen molar-refractivity contribution in [1.29, 1.82) is 0 Å². The van der Waals surface area contributed by atoms with Crippen molar-refractivity contribution in [2.75, 3.05) is 0 Å². The molecule has 0 aromatic carbocycles. The minimum Gasteiger partial charge on any atom is -0.484 e. The lowest BCUT2D eigenvalue weighted by Gasteiger charge is -2.04. The van der Waals surface area contributed by atoms with E-state index in [2.05, 4.69) is 15.2 Å². The summed E-state index contributed by atoms with van der Waals surface area (Å²) in [5.41, 5.74) is 0.381. The highest BCUT2D eigenvalue weighted by molar-refractivity contribution is 5.71. The Hall–Kier alpha value is -2.24. The molecule has 0 saturated carbocycles. The number of nitrogens with zero attached hydrogens (tertiary/aromatic N) is 4. The predicted octanol–water partition coefficient (Wildman–Crippen LogP) is 0.602. The van der Waals surface area contributed by atoms with Gasteiger partial charge in [0.25, 0.3) is 0 Å². The summed E-state index contributed by atoms with van der Waals surface area (Å²) in [6.45, 7) is 0.318. The number of hydrogen-bond donors (Lipinski definition) is 0. The highest BCUT2D eigenvalue weighted by atomic mass is 16.5. The molecule has 2 rings (SSSR count). The number of carbonyl (C=O) groups is 1. The van der Waals surface area contributed by atoms with Crippen molar-refractivity contribution in [3.8, 4) is 5.75 Å². The van der Waals surface area contributed by atoms with Crippen LogP contribution < -0.4 is 4.74 Å². The summed E-state index contributed by atoms with van der Waals surface area (Å²) in [6.07, 6.45) is 3.79. The first-order chi connectivity index (χ1) is 7.79. The van der Waals surface area contributed by atoms with Gasteiger partial charge in [0.2, 0.25) is 0 Å². The summed E-state index contributed by atoms with van der Waals surface area (Å²) in [5.74, 6) is 1.31. The fourth-order valence-electron chi connectivity index (χ4n) is 1.13. The number of aromatic nitrogens is 4. The second-order valence-corrected chi connectivity index (χ2v) is 3.18. The number of ether oxygens (including phenoxy) is 1. The molecule has 0 atom stereocenters. The molecule has 82 valence electrons. The second-order valence-electron chi connectivity index (χ2n) is 3.18. The van der Waals surface area contributed by atoms with Gasteiger partial charge < -0.3 is 9.30 Å². The Labute approximate surface area is 91.9 Å². The quantitative estimate of drug-likeness (QED) is 0.703. The fraction of sp³-hybridized carbons (Fsp3) is 0.200. The van der Waals surface area contributed by atoms with E-state index in [0.717, 1.165) is 5.82 Å². The predicted molar refractivity (Wildman–Crippen MR) is 55.0 cm³/mol. The Kier molecular flexibility index (Phi) is 2.90. The minimum atomic E-state index is 0.318. The van der Waals surface area contributed by atoms with Crippen molar-refractivity contribution in [1.82, 2.24) is 19.7 Å². The summed E-state index contributed by atoms with van der Waals surface area (Å²) >= 11 is 0. The molecule has 0 aliphatic rings. The van der Waals surface area contributed by atoms with E-state index in [-0.39, 0.29) is 0 Å². The van der Waals surface area contributed by atoms with Crippen LogP contribution in [-0.4, -0.2) is 26.0 Å². The Morgan fingerprint density at radius 1 is 1.50 bits per heavy atom. The van der Waals surface area contributed by atoms with Gasteiger partial charge >= 0.3 is 0 Å². The van der Waals surface area contributed by atoms with E-state index >= 15 is 0 Å². The zero-order valence-electron chi connectivity index (χ0n) is 8.70. The average Bonchev–Trinajstić information content (AvgIpc) is 2.73. The summed E-state index contributed by atoms with van der Waals surface area (Å²) < 4.78 is 7.20. The Morgan fingerprint density at radius 3 is 2.94 bits per heavy atom. The molecule has 0 aliphatic heterocycles. The Bertz CT molecular complexity index is 478. The van der Waals surface area contributed by atoms with Crippen LogP contribution in [0.3, 0.4) is 0 Å². The molecular formula is C10H10N4O2. The molecule has 16 heavy (non-hydrogen) atoms. The summed E-state index contributed by atoms with van der Waals surface area (Å²) in [5, 5.41) is 7.61. The van der Waals surface area contributed by atoms with Gasteiger partial charge in [-0.1, -0.05) is 0 Å². The van der Waals surface area contributed by atoms with Gasteiger partial charge in [-0.05, 0) is 12.1 Å². The van der Waals surface area contributed by atoms with Crippen molar-refractivity contribution in [3.05, 3.63) is 36.2 Å². The molecule has 0 amide bonds. The van der Waals surface area contributed by atoms with Crippen molar-refractivity contribution in [2.45, 2.75) is 6.61 Å². The van der Waals surface area contributed by atoms with Crippen molar-refractivity contribution in [2.24, 2.45) is 7.05 Å². The summed E-state index contributed by atoms with van der Waals surface area (Å²) in [4.78, 5) is 14.3. The van der Waals surface area contributed by atoms with Gasteiger partial charge in [-0.2, -0.15) is 0 Å². The third-order valence-corrected chi connectivity index (χ3v) is 2.05. The number of aryl methyl sites for hydroxylation is 1. The number of hydrogen-bond acceptors (Lipinski definition) is 5. The molecule has 0 spiro atoms. The van der Waals surface area contributed by atoms with Gasteiger partial charge in [-0.15, -0.1) is 10.2 Å². The van der Waals surface area contributed by atoms with E-state index in [1.807, 2.05) is 7.05 Å². The van der Waals surface area contributed by atoms with Crippen LogP contribution >= 0.6 is 0 Å². The van der Waals surface area contributed by atoms with Crippen LogP contribution in [0.4, 0.5) is 0 Å². The number of aldehydes is 1. The topological polar surface area (TPSA) is 69.9 Å². The third-order valence-electron chi connectivity index (χ3n) is 2.05. The SMILES string of the molecule is Cn1cnnc1COc1ccc(C=O)nc1. The van der Waals surface area contributed by atoms with E-state index in [0.29, 0.717) is 24.3 Å². The van der Waals surface area contributed by atoms with Gasteiger partial charge in [0, 0.05) is 7.05 Å². The number of pyridine rings is 1. The summed E-state index contributed by atoms with van der Waals surface area (Å²) in [7, 11) is 1.84. The largest absolute Gasteiger partial charge is 0.484 e. The molecule has 2 aromatic rings. The molecule has 0 fully saturated rings. The highest BCUT2D eigenvalue weighted by Gasteiger charge is 2.02. The van der Waals surface area contributed by atoms with Crippen molar-refractivity contribution >= 4 is 6.29 Å². The smallest absolute Gasteiger partial charge is 0.170 e. The fourth-order valence-corrected chi connectivity index (χ4v) is 1.13. The van der Waals surface area contributed by atoms with Gasteiger partial charge in [-0.25, -0.2) is 4.98 Å². The molecule has 0 N–H and O–H groups in total. The molecule has 6 heteroatoms. The standard InChI is InChI=1S/C10H10N4O2/c1-14-7-12-13-10(14)6-16-9-3-2-8(5-15)11-4-9/h2-5,7H,6H2,1H3. The lowest BCUT2D eigenvalue weighted by atomic mass is 10.4. The van der Waals surface area contributed by atoms with Crippen molar-refractivity contribution in [3.63, 3.8) is 0 Å². The number of carbonyl (C=O) groups excluding carboxylic acids is 1. The van der Waals surface area contributed by atoms with Crippen LogP contribution in [0.5, 0.6) is 5.75 Å². The molecule has 2 aromatic heterocycles. The van der Waals surface area contributed by atoms with Gasteiger partial charge in [0.15, 0.2) is 12.1 Å². The zero-order valence-corrected chi connectivity index (χ0v) is 8.70. The van der Waals surface area contributed by atoms with E-state index in [9.17, 15) is 4.79 Å². The van der Waals surface area contributed by atoms with E-state index in [1.54, 1.807) is 23.0 Å². The first-order valence-electron chi connectivity index (χ1n) is 4.66. The molecule has 0 saturated heterocycles. The van der Waals surface area contributed by atoms with Gasteiger partial charge in [-0.3, -0.25) is 4.79 Å². The maximum Gasteiger partial charge on any atom is 0.170 e. The molecule has 6 nitrogen and oxygen atoms in total. The molecule has 0 unspecified atom stereocenters. The van der Waals surface area contributed by atoms with Crippen LogP contribution in [0.25, 0.3) is 0 Å². The average molecular weight is 218 g/mol. The van der Waals surface area contributed by atoms with Crippen LogP contribution in [0.15, 0.2) is 24.7 Å². The molecule has 0 bridgehead atoms. The second kappa shape index (κ2) is 4.52. The lowest BCUT2D eigenvalue weighted by molar-refractivity contribution is 0.111. The first kappa shape index (κ1) is 10.3. The first-order valence-corrected chi connectivity index (χ1v) is 4.66. The molecule has 2 heterocycles. The monoisotopic (exact) mass is 218 g/mol. The van der Waals surface area contributed by atoms with Gasteiger partial charge in [0.05, 0.1) is 6.20 Å². The molecule has 0 aliphatic carbocycles. The van der Waals surface area contributed by atoms with Crippen LogP contribution in [-0.2, 0) is 13.7 Å². The van der Waals surface area contributed by atoms with Crippen LogP contribution in [0.1, 0.15) is 16.3 Å². The highest BCUT2D eigenvalue weighted by Crippen LogP contribution is 2.09. The zero-order chi connectivity index (χ0) is 11.4. The van der Waals surface area contributed by atoms with E-state index in [4.69, 9.17) is 4.74 Å².